The Labute approximate surface area is 227 Å². The van der Waals surface area contributed by atoms with Crippen molar-refractivity contribution in [3.05, 3.63) is 0 Å². The van der Waals surface area contributed by atoms with Crippen molar-refractivity contribution >= 4 is 29.7 Å². The molecule has 0 saturated carbocycles. The normalized spacial score (nSPS) is 12.4. The van der Waals surface area contributed by atoms with Crippen LogP contribution in [0, 0.1) is 0 Å². The van der Waals surface area contributed by atoms with Crippen LogP contribution in [0.15, 0.2) is 0 Å². The average Bonchev–Trinajstić information content (AvgIpc) is 2.84. The fourth-order valence-corrected chi connectivity index (χ4v) is 3.32. The lowest BCUT2D eigenvalue weighted by molar-refractivity contribution is -0.192. The number of nitrogens with one attached hydrogen (secondary N) is 2. The molecule has 0 spiro atoms. The summed E-state index contributed by atoms with van der Waals surface area (Å²) in [7, 11) is 0. The van der Waals surface area contributed by atoms with Crippen molar-refractivity contribution in [2.24, 2.45) is 5.73 Å². The molecule has 7 N–H and O–H groups in total. The Morgan fingerprint density at radius 1 is 0.718 bits per heavy atom. The van der Waals surface area contributed by atoms with Crippen LogP contribution in [-0.2, 0) is 24.0 Å². The van der Waals surface area contributed by atoms with Gasteiger partial charge >= 0.3 is 24.1 Å². The predicted molar refractivity (Wildman–Crippen MR) is 137 cm³/mol. The molecule has 0 aliphatic carbocycles. The first-order valence-electron chi connectivity index (χ1n) is 13.3. The third-order valence-electron chi connectivity index (χ3n) is 5.62. The maximum absolute atomic E-state index is 12.0. The van der Waals surface area contributed by atoms with Gasteiger partial charge in [0.1, 0.15) is 12.1 Å². The topological polar surface area (TPSA) is 196 Å². The zero-order valence-corrected chi connectivity index (χ0v) is 22.6. The molecule has 0 aliphatic heterocycles. The molecule has 0 aromatic rings. The second kappa shape index (κ2) is 23.0. The third kappa shape index (κ3) is 25.2. The second-order valence-corrected chi connectivity index (χ2v) is 9.17. The van der Waals surface area contributed by atoms with Crippen molar-refractivity contribution < 1.29 is 52.5 Å². The minimum Gasteiger partial charge on any atom is -0.480 e. The van der Waals surface area contributed by atoms with Crippen LogP contribution in [0.1, 0.15) is 103 Å². The van der Waals surface area contributed by atoms with Gasteiger partial charge in [0.05, 0.1) is 0 Å². The highest BCUT2D eigenvalue weighted by Crippen LogP contribution is 2.13. The third-order valence-corrected chi connectivity index (χ3v) is 5.62. The van der Waals surface area contributed by atoms with Crippen molar-refractivity contribution in [3.63, 3.8) is 0 Å². The molecule has 2 amide bonds. The van der Waals surface area contributed by atoms with Crippen LogP contribution < -0.4 is 16.4 Å². The molecule has 0 rings (SSSR count). The maximum atomic E-state index is 12.0. The molecule has 0 unspecified atom stereocenters. The van der Waals surface area contributed by atoms with Gasteiger partial charge in [0.2, 0.25) is 11.8 Å². The van der Waals surface area contributed by atoms with Crippen molar-refractivity contribution in [3.8, 4) is 0 Å². The summed E-state index contributed by atoms with van der Waals surface area (Å²) >= 11 is 0. The zero-order chi connectivity index (χ0) is 30.3. The van der Waals surface area contributed by atoms with Crippen LogP contribution in [0.2, 0.25) is 0 Å². The predicted octanol–water partition coefficient (Wildman–Crippen LogP) is 3.59. The minimum atomic E-state index is -5.08. The van der Waals surface area contributed by atoms with Crippen molar-refractivity contribution in [2.45, 2.75) is 121 Å². The largest absolute Gasteiger partial charge is 0.490 e. The van der Waals surface area contributed by atoms with E-state index in [-0.39, 0.29) is 24.7 Å². The zero-order valence-electron chi connectivity index (χ0n) is 22.6. The summed E-state index contributed by atoms with van der Waals surface area (Å²) in [4.78, 5) is 54.8. The average molecular weight is 572 g/mol. The van der Waals surface area contributed by atoms with Crippen LogP contribution in [0.3, 0.4) is 0 Å². The fraction of sp³-hybridized carbons (Fsp3) is 0.800. The van der Waals surface area contributed by atoms with Crippen molar-refractivity contribution in [1.29, 1.82) is 0 Å². The molecule has 0 saturated heterocycles. The Balaban J connectivity index is 0. The number of alkyl halides is 3. The lowest BCUT2D eigenvalue weighted by atomic mass is 10.1. The van der Waals surface area contributed by atoms with E-state index < -0.39 is 36.2 Å². The van der Waals surface area contributed by atoms with Crippen molar-refractivity contribution in [1.82, 2.24) is 10.6 Å². The van der Waals surface area contributed by atoms with Crippen LogP contribution >= 0.6 is 0 Å². The van der Waals surface area contributed by atoms with Crippen LogP contribution in [0.4, 0.5) is 13.2 Å². The van der Waals surface area contributed by atoms with Crippen LogP contribution in [0.25, 0.3) is 0 Å². The summed E-state index contributed by atoms with van der Waals surface area (Å²) in [5, 5.41) is 30.3. The van der Waals surface area contributed by atoms with Gasteiger partial charge in [0.15, 0.2) is 0 Å². The Morgan fingerprint density at radius 2 is 1.23 bits per heavy atom. The fourth-order valence-electron chi connectivity index (χ4n) is 3.32. The van der Waals surface area contributed by atoms with Crippen LogP contribution in [0.5, 0.6) is 0 Å². The summed E-state index contributed by atoms with van der Waals surface area (Å²) in [5.74, 6) is -5.55. The number of carboxylic acid groups (broad SMARTS) is 3. The van der Waals surface area contributed by atoms with Gasteiger partial charge in [-0.25, -0.2) is 9.59 Å². The molecule has 0 aromatic heterocycles. The molecule has 0 radical (unpaired) electrons. The SMILES string of the molecule is CCCCCCCCCCCC(=O)N[C@H](CCC(=O)NCCCC[C@H](N)C(=O)O)C(=O)O.O=C(O)C(F)(F)F. The van der Waals surface area contributed by atoms with Gasteiger partial charge in [-0.15, -0.1) is 0 Å². The molecule has 0 bridgehead atoms. The smallest absolute Gasteiger partial charge is 0.480 e. The highest BCUT2D eigenvalue weighted by molar-refractivity contribution is 5.84. The molecule has 0 aromatic carbocycles. The monoisotopic (exact) mass is 571 g/mol. The summed E-state index contributed by atoms with van der Waals surface area (Å²) < 4.78 is 31.7. The maximum Gasteiger partial charge on any atom is 0.490 e. The molecule has 0 heterocycles. The van der Waals surface area contributed by atoms with Gasteiger partial charge in [0.25, 0.3) is 0 Å². The van der Waals surface area contributed by atoms with E-state index in [1.54, 1.807) is 0 Å². The van der Waals surface area contributed by atoms with Gasteiger partial charge in [-0.3, -0.25) is 14.4 Å². The molecule has 2 atom stereocenters. The molecule has 11 nitrogen and oxygen atoms in total. The van der Waals surface area contributed by atoms with E-state index in [0.717, 1.165) is 19.3 Å². The number of carboxylic acids is 3. The number of unbranched alkanes of at least 4 members (excludes halogenated alkanes) is 9. The Morgan fingerprint density at radius 3 is 1.69 bits per heavy atom. The molecule has 39 heavy (non-hydrogen) atoms. The second-order valence-electron chi connectivity index (χ2n) is 9.17. The number of halogens is 3. The Hall–Kier alpha value is -2.90. The minimum absolute atomic E-state index is 0.0100. The molecule has 228 valence electrons. The lowest BCUT2D eigenvalue weighted by Crippen LogP contribution is -2.41. The summed E-state index contributed by atoms with van der Waals surface area (Å²) in [6.45, 7) is 2.56. The number of rotatable bonds is 21. The summed E-state index contributed by atoms with van der Waals surface area (Å²) in [5.41, 5.74) is 5.40. The quantitative estimate of drug-likeness (QED) is 0.112. The Kier molecular flexibility index (Phi) is 22.6. The molecule has 14 heteroatoms. The number of nitrogens with two attached hydrogens (primary N) is 1. The van der Waals surface area contributed by atoms with Gasteiger partial charge in [-0.1, -0.05) is 58.3 Å². The van der Waals surface area contributed by atoms with Gasteiger partial charge in [0, 0.05) is 19.4 Å². The van der Waals surface area contributed by atoms with E-state index >= 15 is 0 Å². The number of hydrogen-bond acceptors (Lipinski definition) is 6. The molecular weight excluding hydrogens is 527 g/mol. The van der Waals surface area contributed by atoms with Gasteiger partial charge in [-0.05, 0) is 32.1 Å². The first-order chi connectivity index (χ1) is 18.2. The van der Waals surface area contributed by atoms with E-state index in [9.17, 15) is 37.5 Å². The standard InChI is InChI=1S/C23H43N3O6.C2HF3O2/c1-2-3-4-5-6-7-8-9-10-14-21(28)26-19(23(31)32)15-16-20(27)25-17-12-11-13-18(24)22(29)30;3-2(4,5)1(6)7/h18-19H,2-17,24H2,1H3,(H,25,27)(H,26,28)(H,29,30)(H,31,32);(H,6,7)/t18-,19+;/m0./s1. The first-order valence-corrected chi connectivity index (χ1v) is 13.3. The number of carbonyl (C=O) groups excluding carboxylic acids is 2. The number of carbonyl (C=O) groups is 5. The van der Waals surface area contributed by atoms with E-state index in [1.807, 2.05) is 0 Å². The van der Waals surface area contributed by atoms with Crippen LogP contribution in [-0.4, -0.2) is 69.8 Å². The molecule has 0 aliphatic rings. The summed E-state index contributed by atoms with van der Waals surface area (Å²) in [6, 6.07) is -1.98. The number of hydrogen-bond donors (Lipinski definition) is 6. The van der Waals surface area contributed by atoms with E-state index in [0.29, 0.717) is 32.2 Å². The first kappa shape index (κ1) is 38.2. The Bertz CT molecular complexity index is 736. The van der Waals surface area contributed by atoms with Gasteiger partial charge < -0.3 is 31.7 Å². The molecule has 0 fully saturated rings. The van der Waals surface area contributed by atoms with E-state index in [2.05, 4.69) is 17.6 Å². The number of aliphatic carboxylic acids is 3. The van der Waals surface area contributed by atoms with Gasteiger partial charge in [-0.2, -0.15) is 13.2 Å². The highest BCUT2D eigenvalue weighted by atomic mass is 19.4. The highest BCUT2D eigenvalue weighted by Gasteiger charge is 2.38. The van der Waals surface area contributed by atoms with Crippen molar-refractivity contribution in [2.75, 3.05) is 6.54 Å². The number of amides is 2. The molecular formula is C25H44F3N3O8. The lowest BCUT2D eigenvalue weighted by Gasteiger charge is -2.14. The van der Waals surface area contributed by atoms with E-state index in [4.69, 9.17) is 20.7 Å². The van der Waals surface area contributed by atoms with E-state index in [1.165, 1.54) is 38.5 Å². The summed E-state index contributed by atoms with van der Waals surface area (Å²) in [6.07, 6.45) is 6.97.